The molecule has 0 fully saturated rings. The fourth-order valence-electron chi connectivity index (χ4n) is 3.17. The van der Waals surface area contributed by atoms with Crippen molar-refractivity contribution < 1.29 is 4.79 Å². The Morgan fingerprint density at radius 3 is 2.56 bits per heavy atom. The summed E-state index contributed by atoms with van der Waals surface area (Å²) in [7, 11) is 0. The van der Waals surface area contributed by atoms with Crippen LogP contribution in [0.2, 0.25) is 0 Å². The largest absolute Gasteiger partial charge is 0.328 e. The Bertz CT molecular complexity index is 898. The van der Waals surface area contributed by atoms with E-state index in [0.29, 0.717) is 5.56 Å². The summed E-state index contributed by atoms with van der Waals surface area (Å²) in [5, 5.41) is 2.93. The van der Waals surface area contributed by atoms with Gasteiger partial charge in [0.15, 0.2) is 0 Å². The van der Waals surface area contributed by atoms with Crippen molar-refractivity contribution in [2.45, 2.75) is 25.8 Å². The van der Waals surface area contributed by atoms with Crippen molar-refractivity contribution in [3.63, 3.8) is 0 Å². The lowest BCUT2D eigenvalue weighted by molar-refractivity contribution is 0.102. The van der Waals surface area contributed by atoms with E-state index in [1.807, 2.05) is 42.6 Å². The minimum absolute atomic E-state index is 0.113. The summed E-state index contributed by atoms with van der Waals surface area (Å²) in [6, 6.07) is 15.2. The van der Waals surface area contributed by atoms with Crippen LogP contribution >= 0.6 is 15.9 Å². The summed E-state index contributed by atoms with van der Waals surface area (Å²) in [5.74, 6) is 0.902. The lowest BCUT2D eigenvalue weighted by Crippen LogP contribution is -2.12. The minimum atomic E-state index is -0.113. The minimum Gasteiger partial charge on any atom is -0.328 e. The third kappa shape index (κ3) is 3.37. The quantitative estimate of drug-likeness (QED) is 0.685. The average Bonchev–Trinajstić information content (AvgIpc) is 3.07. The zero-order valence-electron chi connectivity index (χ0n) is 13.7. The number of aryl methyl sites for hydroxylation is 1. The van der Waals surface area contributed by atoms with E-state index < -0.39 is 0 Å². The number of carbonyl (C=O) groups is 1. The van der Waals surface area contributed by atoms with Gasteiger partial charge in [-0.2, -0.15) is 0 Å². The molecule has 25 heavy (non-hydrogen) atoms. The molecule has 0 aliphatic carbocycles. The van der Waals surface area contributed by atoms with Crippen molar-refractivity contribution >= 4 is 27.5 Å². The average molecular weight is 396 g/mol. The molecule has 5 heteroatoms. The molecule has 0 saturated heterocycles. The molecule has 4 rings (SSSR count). The van der Waals surface area contributed by atoms with Gasteiger partial charge in [0.05, 0.1) is 0 Å². The van der Waals surface area contributed by atoms with Gasteiger partial charge >= 0.3 is 0 Å². The zero-order valence-corrected chi connectivity index (χ0v) is 15.3. The Kier molecular flexibility index (Phi) is 4.40. The number of hydrogen-bond donors (Lipinski definition) is 1. The van der Waals surface area contributed by atoms with Crippen LogP contribution in [0.25, 0.3) is 11.4 Å². The van der Waals surface area contributed by atoms with Gasteiger partial charge in [-0.05, 0) is 67.8 Å². The van der Waals surface area contributed by atoms with E-state index in [4.69, 9.17) is 0 Å². The molecule has 2 aromatic carbocycles. The SMILES string of the molecule is O=C(Nc1ccc(-c2ncc3n2CCCC3)cc1)c1ccc(Br)cc1. The topological polar surface area (TPSA) is 46.9 Å². The fraction of sp³-hybridized carbons (Fsp3) is 0.200. The third-order valence-electron chi connectivity index (χ3n) is 4.51. The Balaban J connectivity index is 1.51. The van der Waals surface area contributed by atoms with Crippen LogP contribution in [0.5, 0.6) is 0 Å². The second kappa shape index (κ2) is 6.84. The number of benzene rings is 2. The van der Waals surface area contributed by atoms with Gasteiger partial charge in [-0.3, -0.25) is 4.79 Å². The molecule has 3 aromatic rings. The molecule has 0 saturated carbocycles. The van der Waals surface area contributed by atoms with Crippen LogP contribution in [0.1, 0.15) is 28.9 Å². The number of nitrogens with zero attached hydrogens (tertiary/aromatic N) is 2. The first-order valence-electron chi connectivity index (χ1n) is 8.42. The van der Waals surface area contributed by atoms with E-state index in [2.05, 4.69) is 30.8 Å². The summed E-state index contributed by atoms with van der Waals surface area (Å²) in [5.41, 5.74) is 3.81. The van der Waals surface area contributed by atoms with Gasteiger partial charge < -0.3 is 9.88 Å². The van der Waals surface area contributed by atoms with Gasteiger partial charge in [0.25, 0.3) is 5.91 Å². The Morgan fingerprint density at radius 1 is 1.04 bits per heavy atom. The Labute approximate surface area is 155 Å². The maximum Gasteiger partial charge on any atom is 0.255 e. The lowest BCUT2D eigenvalue weighted by Gasteiger charge is -2.16. The summed E-state index contributed by atoms with van der Waals surface area (Å²) in [4.78, 5) is 16.9. The van der Waals surface area contributed by atoms with Crippen molar-refractivity contribution in [1.29, 1.82) is 0 Å². The van der Waals surface area contributed by atoms with E-state index in [1.54, 1.807) is 12.1 Å². The monoisotopic (exact) mass is 395 g/mol. The molecule has 1 aromatic heterocycles. The van der Waals surface area contributed by atoms with Crippen molar-refractivity contribution in [2.75, 3.05) is 5.32 Å². The number of halogens is 1. The molecule has 4 nitrogen and oxygen atoms in total. The van der Waals surface area contributed by atoms with E-state index in [1.165, 1.54) is 18.5 Å². The number of carbonyl (C=O) groups excluding carboxylic acids is 1. The smallest absolute Gasteiger partial charge is 0.255 e. The zero-order chi connectivity index (χ0) is 17.2. The van der Waals surface area contributed by atoms with Crippen LogP contribution in [-0.4, -0.2) is 15.5 Å². The van der Waals surface area contributed by atoms with Crippen LogP contribution in [-0.2, 0) is 13.0 Å². The number of fused-ring (bicyclic) bond motifs is 1. The predicted octanol–water partition coefficient (Wildman–Crippen LogP) is 4.90. The van der Waals surface area contributed by atoms with Crippen molar-refractivity contribution in [1.82, 2.24) is 9.55 Å². The summed E-state index contributed by atoms with van der Waals surface area (Å²) in [6.45, 7) is 1.03. The molecule has 0 radical (unpaired) electrons. The maximum absolute atomic E-state index is 12.3. The molecule has 126 valence electrons. The number of anilines is 1. The molecular weight excluding hydrogens is 378 g/mol. The van der Waals surface area contributed by atoms with Crippen LogP contribution in [0.4, 0.5) is 5.69 Å². The molecule has 1 amide bonds. The maximum atomic E-state index is 12.3. The summed E-state index contributed by atoms with van der Waals surface area (Å²) < 4.78 is 3.26. The highest BCUT2D eigenvalue weighted by Crippen LogP contribution is 2.25. The Morgan fingerprint density at radius 2 is 1.80 bits per heavy atom. The second-order valence-corrected chi connectivity index (χ2v) is 7.14. The standard InChI is InChI=1S/C20H18BrN3O/c21-16-8-4-15(5-9-16)20(25)23-17-10-6-14(7-11-17)19-22-13-18-3-1-2-12-24(18)19/h4-11,13H,1-3,12H2,(H,23,25). The van der Waals surface area contributed by atoms with Gasteiger partial charge in [-0.25, -0.2) is 4.98 Å². The summed E-state index contributed by atoms with van der Waals surface area (Å²) in [6.07, 6.45) is 5.54. The molecule has 1 aliphatic heterocycles. The first-order valence-corrected chi connectivity index (χ1v) is 9.22. The van der Waals surface area contributed by atoms with Gasteiger partial charge in [0.1, 0.15) is 5.82 Å². The highest BCUT2D eigenvalue weighted by molar-refractivity contribution is 9.10. The normalized spacial score (nSPS) is 13.3. The molecule has 0 bridgehead atoms. The van der Waals surface area contributed by atoms with Crippen LogP contribution in [0.15, 0.2) is 59.2 Å². The van der Waals surface area contributed by atoms with Gasteiger partial charge in [-0.15, -0.1) is 0 Å². The van der Waals surface area contributed by atoms with Crippen LogP contribution in [0, 0.1) is 0 Å². The van der Waals surface area contributed by atoms with Crippen molar-refractivity contribution in [3.05, 3.63) is 70.5 Å². The number of imidazole rings is 1. The molecule has 0 atom stereocenters. The molecular formula is C20H18BrN3O. The van der Waals surface area contributed by atoms with E-state index in [0.717, 1.165) is 34.5 Å². The number of amides is 1. The van der Waals surface area contributed by atoms with E-state index >= 15 is 0 Å². The van der Waals surface area contributed by atoms with E-state index in [9.17, 15) is 4.79 Å². The fourth-order valence-corrected chi connectivity index (χ4v) is 3.44. The highest BCUT2D eigenvalue weighted by atomic mass is 79.9. The number of aromatic nitrogens is 2. The van der Waals surface area contributed by atoms with Gasteiger partial charge in [0.2, 0.25) is 0 Å². The van der Waals surface area contributed by atoms with E-state index in [-0.39, 0.29) is 5.91 Å². The molecule has 1 aliphatic rings. The number of rotatable bonds is 3. The molecule has 1 N–H and O–H groups in total. The Hall–Kier alpha value is -2.40. The highest BCUT2D eigenvalue weighted by Gasteiger charge is 2.15. The van der Waals surface area contributed by atoms with Crippen molar-refractivity contribution in [3.8, 4) is 11.4 Å². The molecule has 2 heterocycles. The summed E-state index contributed by atoms with van der Waals surface area (Å²) >= 11 is 3.37. The van der Waals surface area contributed by atoms with Gasteiger partial charge in [-0.1, -0.05) is 15.9 Å². The first-order chi connectivity index (χ1) is 12.2. The number of hydrogen-bond acceptors (Lipinski definition) is 2. The second-order valence-electron chi connectivity index (χ2n) is 6.22. The van der Waals surface area contributed by atoms with Gasteiger partial charge in [0, 0.05) is 39.7 Å². The third-order valence-corrected chi connectivity index (χ3v) is 5.04. The first kappa shape index (κ1) is 16.1. The van der Waals surface area contributed by atoms with Crippen molar-refractivity contribution in [2.24, 2.45) is 0 Å². The molecule has 0 unspecified atom stereocenters. The molecule has 0 spiro atoms. The number of nitrogens with one attached hydrogen (secondary N) is 1. The lowest BCUT2D eigenvalue weighted by atomic mass is 10.1. The van der Waals surface area contributed by atoms with Crippen LogP contribution in [0.3, 0.4) is 0 Å². The van der Waals surface area contributed by atoms with Crippen LogP contribution < -0.4 is 5.32 Å². The predicted molar refractivity (Wildman–Crippen MR) is 103 cm³/mol.